The Morgan fingerprint density at radius 3 is 2.79 bits per heavy atom. The van der Waals surface area contributed by atoms with Crippen LogP contribution in [0, 0.1) is 5.92 Å². The Bertz CT molecular complexity index is 423. The van der Waals surface area contributed by atoms with Crippen LogP contribution >= 0.6 is 11.6 Å². The zero-order valence-electron chi connectivity index (χ0n) is 11.4. The van der Waals surface area contributed by atoms with E-state index in [0.717, 1.165) is 19.3 Å². The Kier molecular flexibility index (Phi) is 6.64. The van der Waals surface area contributed by atoms with E-state index in [2.05, 4.69) is 18.8 Å². The Morgan fingerprint density at radius 2 is 2.21 bits per heavy atom. The highest BCUT2D eigenvalue weighted by Crippen LogP contribution is 2.19. The molecule has 0 saturated carbocycles. The number of nitrogens with zero attached hydrogens (tertiary/aromatic N) is 1. The molecule has 0 amide bonds. The molecule has 0 spiro atoms. The number of hydrogen-bond donors (Lipinski definition) is 1. The third kappa shape index (κ3) is 5.47. The molecule has 0 aliphatic rings. The molecule has 0 saturated heterocycles. The first-order valence-corrected chi connectivity index (χ1v) is 6.98. The number of aromatic carboxylic acids is 1. The van der Waals surface area contributed by atoms with Crippen molar-refractivity contribution in [3.63, 3.8) is 0 Å². The monoisotopic (exact) mass is 285 g/mol. The average Bonchev–Trinajstić information content (AvgIpc) is 2.38. The van der Waals surface area contributed by atoms with Crippen molar-refractivity contribution in [2.24, 2.45) is 5.92 Å². The van der Waals surface area contributed by atoms with Crippen LogP contribution in [0.1, 0.15) is 49.9 Å². The van der Waals surface area contributed by atoms with Gasteiger partial charge in [0, 0.05) is 6.07 Å². The summed E-state index contributed by atoms with van der Waals surface area (Å²) < 4.78 is 5.57. The summed E-state index contributed by atoms with van der Waals surface area (Å²) in [6.45, 7) is 4.83. The normalized spacial score (nSPS) is 12.2. The first kappa shape index (κ1) is 15.8. The summed E-state index contributed by atoms with van der Waals surface area (Å²) in [6.07, 6.45) is 4.48. The van der Waals surface area contributed by atoms with Crippen LogP contribution in [-0.2, 0) is 0 Å². The largest absolute Gasteiger partial charge is 0.478 e. The van der Waals surface area contributed by atoms with Crippen LogP contribution in [0.2, 0.25) is 5.15 Å². The van der Waals surface area contributed by atoms with E-state index in [0.29, 0.717) is 12.5 Å². The van der Waals surface area contributed by atoms with Gasteiger partial charge in [-0.1, -0.05) is 44.7 Å². The van der Waals surface area contributed by atoms with Gasteiger partial charge in [0.15, 0.2) is 0 Å². The van der Waals surface area contributed by atoms with Crippen LogP contribution in [0.4, 0.5) is 0 Å². The molecule has 0 aromatic carbocycles. The molecule has 1 aromatic rings. The van der Waals surface area contributed by atoms with E-state index in [4.69, 9.17) is 21.4 Å². The molecule has 4 nitrogen and oxygen atoms in total. The topological polar surface area (TPSA) is 59.4 Å². The third-order valence-corrected chi connectivity index (χ3v) is 3.22. The lowest BCUT2D eigenvalue weighted by atomic mass is 10.0. The molecule has 1 rings (SSSR count). The predicted molar refractivity (Wildman–Crippen MR) is 75.0 cm³/mol. The number of hydrogen-bond acceptors (Lipinski definition) is 3. The quantitative estimate of drug-likeness (QED) is 0.733. The highest BCUT2D eigenvalue weighted by atomic mass is 35.5. The third-order valence-electron chi connectivity index (χ3n) is 3.03. The molecule has 0 aliphatic heterocycles. The van der Waals surface area contributed by atoms with Crippen LogP contribution in [0.25, 0.3) is 0 Å². The van der Waals surface area contributed by atoms with Gasteiger partial charge in [-0.2, -0.15) is 0 Å². The first-order valence-electron chi connectivity index (χ1n) is 6.60. The van der Waals surface area contributed by atoms with Crippen molar-refractivity contribution >= 4 is 17.6 Å². The van der Waals surface area contributed by atoms with Crippen molar-refractivity contribution in [3.05, 3.63) is 22.8 Å². The van der Waals surface area contributed by atoms with Crippen LogP contribution < -0.4 is 4.74 Å². The van der Waals surface area contributed by atoms with Crippen LogP contribution in [-0.4, -0.2) is 22.7 Å². The summed E-state index contributed by atoms with van der Waals surface area (Å²) in [5.74, 6) is -0.291. The molecule has 0 fully saturated rings. The number of carboxylic acid groups (broad SMARTS) is 1. The number of rotatable bonds is 8. The van der Waals surface area contributed by atoms with Crippen LogP contribution in [0.3, 0.4) is 0 Å². The van der Waals surface area contributed by atoms with E-state index in [1.54, 1.807) is 0 Å². The number of ether oxygens (including phenoxy) is 1. The molecule has 1 unspecified atom stereocenters. The minimum Gasteiger partial charge on any atom is -0.478 e. The summed E-state index contributed by atoms with van der Waals surface area (Å²) in [4.78, 5) is 14.9. The molecule has 0 bridgehead atoms. The van der Waals surface area contributed by atoms with Gasteiger partial charge >= 0.3 is 5.97 Å². The van der Waals surface area contributed by atoms with Crippen LogP contribution in [0.15, 0.2) is 12.1 Å². The van der Waals surface area contributed by atoms with E-state index in [9.17, 15) is 4.79 Å². The zero-order valence-corrected chi connectivity index (χ0v) is 12.1. The second-order valence-electron chi connectivity index (χ2n) is 4.55. The molecular formula is C14H20ClNO3. The lowest BCUT2D eigenvalue weighted by Crippen LogP contribution is -2.12. The molecule has 19 heavy (non-hydrogen) atoms. The smallest absolute Gasteiger partial charge is 0.335 e. The average molecular weight is 286 g/mol. The van der Waals surface area contributed by atoms with E-state index in [-0.39, 0.29) is 16.6 Å². The summed E-state index contributed by atoms with van der Waals surface area (Å²) in [5.41, 5.74) is 0.0941. The highest BCUT2D eigenvalue weighted by molar-refractivity contribution is 6.29. The molecule has 5 heteroatoms. The summed E-state index contributed by atoms with van der Waals surface area (Å²) in [5, 5.41) is 9.07. The van der Waals surface area contributed by atoms with Gasteiger partial charge in [-0.05, 0) is 18.4 Å². The number of unbranched alkanes of at least 4 members (excludes halogenated alkanes) is 1. The number of aromatic nitrogens is 1. The molecule has 1 atom stereocenters. The van der Waals surface area contributed by atoms with E-state index >= 15 is 0 Å². The number of carbonyl (C=O) groups is 1. The second-order valence-corrected chi connectivity index (χ2v) is 4.94. The highest BCUT2D eigenvalue weighted by Gasteiger charge is 2.11. The Labute approximate surface area is 118 Å². The van der Waals surface area contributed by atoms with Gasteiger partial charge < -0.3 is 9.84 Å². The fourth-order valence-electron chi connectivity index (χ4n) is 1.77. The van der Waals surface area contributed by atoms with Crippen LogP contribution in [0.5, 0.6) is 5.88 Å². The molecule has 0 radical (unpaired) electrons. The minimum atomic E-state index is -1.04. The fraction of sp³-hybridized carbons (Fsp3) is 0.571. The van der Waals surface area contributed by atoms with Crippen molar-refractivity contribution in [2.75, 3.05) is 6.61 Å². The second kappa shape index (κ2) is 8.00. The van der Waals surface area contributed by atoms with Gasteiger partial charge in [-0.25, -0.2) is 9.78 Å². The maximum atomic E-state index is 10.9. The number of pyridine rings is 1. The van der Waals surface area contributed by atoms with Gasteiger partial charge in [0.1, 0.15) is 5.15 Å². The van der Waals surface area contributed by atoms with Crippen molar-refractivity contribution in [3.8, 4) is 5.88 Å². The minimum absolute atomic E-state index is 0.0941. The fourth-order valence-corrected chi connectivity index (χ4v) is 1.97. The van der Waals surface area contributed by atoms with Crippen molar-refractivity contribution in [1.82, 2.24) is 4.98 Å². The predicted octanol–water partition coefficient (Wildman–Crippen LogP) is 4.03. The lowest BCUT2D eigenvalue weighted by molar-refractivity contribution is 0.0696. The summed E-state index contributed by atoms with van der Waals surface area (Å²) in [6, 6.07) is 2.71. The van der Waals surface area contributed by atoms with Gasteiger partial charge in [-0.15, -0.1) is 0 Å². The zero-order chi connectivity index (χ0) is 14.3. The summed E-state index contributed by atoms with van der Waals surface area (Å²) >= 11 is 5.77. The van der Waals surface area contributed by atoms with Gasteiger partial charge in [-0.3, -0.25) is 0 Å². The van der Waals surface area contributed by atoms with Gasteiger partial charge in [0.2, 0.25) is 5.88 Å². The summed E-state index contributed by atoms with van der Waals surface area (Å²) in [7, 11) is 0. The lowest BCUT2D eigenvalue weighted by Gasteiger charge is -2.15. The van der Waals surface area contributed by atoms with E-state index in [1.807, 2.05) is 0 Å². The van der Waals surface area contributed by atoms with Crippen molar-refractivity contribution in [1.29, 1.82) is 0 Å². The molecule has 1 aromatic heterocycles. The maximum Gasteiger partial charge on any atom is 0.335 e. The molecule has 106 valence electrons. The molecular weight excluding hydrogens is 266 g/mol. The van der Waals surface area contributed by atoms with E-state index in [1.165, 1.54) is 18.6 Å². The van der Waals surface area contributed by atoms with Gasteiger partial charge in [0.25, 0.3) is 0 Å². The SMILES string of the molecule is CCCCC(CC)COc1cc(C(=O)O)cc(Cl)n1. The Balaban J connectivity index is 2.63. The Hall–Kier alpha value is -1.29. The molecule has 1 heterocycles. The number of carboxylic acids is 1. The van der Waals surface area contributed by atoms with E-state index < -0.39 is 5.97 Å². The maximum absolute atomic E-state index is 10.9. The van der Waals surface area contributed by atoms with Crippen molar-refractivity contribution in [2.45, 2.75) is 39.5 Å². The number of halogens is 1. The first-order chi connectivity index (χ1) is 9.06. The van der Waals surface area contributed by atoms with Gasteiger partial charge in [0.05, 0.1) is 12.2 Å². The molecule has 0 aliphatic carbocycles. The standard InChI is InChI=1S/C14H20ClNO3/c1-3-5-6-10(4-2)9-19-13-8-11(14(17)18)7-12(15)16-13/h7-8,10H,3-6,9H2,1-2H3,(H,17,18). The van der Waals surface area contributed by atoms with Crippen molar-refractivity contribution < 1.29 is 14.6 Å². The Morgan fingerprint density at radius 1 is 1.47 bits per heavy atom. The molecule has 1 N–H and O–H groups in total.